The fourth-order valence-corrected chi connectivity index (χ4v) is 8.86. The lowest BCUT2D eigenvalue weighted by Crippen LogP contribution is -2.52. The van der Waals surface area contributed by atoms with Gasteiger partial charge in [-0.25, -0.2) is 13.2 Å². The number of benzene rings is 2. The van der Waals surface area contributed by atoms with Crippen LogP contribution < -0.4 is 9.64 Å². The van der Waals surface area contributed by atoms with E-state index in [0.717, 1.165) is 45.1 Å². The van der Waals surface area contributed by atoms with Crippen LogP contribution in [0.4, 0.5) is 19.0 Å². The average molecular weight is 634 g/mol. The molecule has 1 spiro atoms. The van der Waals surface area contributed by atoms with Gasteiger partial charge in [0.15, 0.2) is 5.82 Å². The maximum Gasteiger partial charge on any atom is 0.319 e. The third-order valence-corrected chi connectivity index (χ3v) is 10.9. The van der Waals surface area contributed by atoms with Gasteiger partial charge in [0.2, 0.25) is 0 Å². The van der Waals surface area contributed by atoms with Crippen LogP contribution in [-0.2, 0) is 6.42 Å². The van der Waals surface area contributed by atoms with Crippen molar-refractivity contribution in [1.29, 1.82) is 0 Å². The van der Waals surface area contributed by atoms with Crippen LogP contribution in [0.15, 0.2) is 30.5 Å². The molecule has 4 aliphatic rings. The highest BCUT2D eigenvalue weighted by Gasteiger charge is 2.50. The molecule has 1 saturated carbocycles. The number of piperidine rings is 1. The van der Waals surface area contributed by atoms with Crippen LogP contribution in [0, 0.1) is 17.0 Å². The highest BCUT2D eigenvalue weighted by Crippen LogP contribution is 2.49. The van der Waals surface area contributed by atoms with Crippen LogP contribution in [-0.4, -0.2) is 80.7 Å². The number of aromatic hydroxyl groups is 1. The Morgan fingerprint density at radius 3 is 2.70 bits per heavy atom. The molecule has 3 saturated heterocycles. The number of aliphatic hydroxyl groups is 1. The van der Waals surface area contributed by atoms with E-state index in [1.54, 1.807) is 12.3 Å². The van der Waals surface area contributed by atoms with Crippen LogP contribution in [0.5, 0.6) is 11.8 Å². The first-order chi connectivity index (χ1) is 22.2. The Morgan fingerprint density at radius 1 is 1.07 bits per heavy atom. The van der Waals surface area contributed by atoms with Crippen molar-refractivity contribution in [2.24, 2.45) is 5.41 Å². The van der Waals surface area contributed by atoms with Crippen molar-refractivity contribution in [2.75, 3.05) is 37.7 Å². The van der Waals surface area contributed by atoms with Gasteiger partial charge >= 0.3 is 6.01 Å². The maximum absolute atomic E-state index is 16.9. The van der Waals surface area contributed by atoms with Crippen LogP contribution in [0.2, 0.25) is 0 Å². The number of alkyl halides is 1. The summed E-state index contributed by atoms with van der Waals surface area (Å²) in [5.41, 5.74) is 0.183. The Labute approximate surface area is 265 Å². The zero-order chi connectivity index (χ0) is 31.8. The van der Waals surface area contributed by atoms with Gasteiger partial charge < -0.3 is 19.8 Å². The minimum Gasteiger partial charge on any atom is -0.508 e. The van der Waals surface area contributed by atoms with E-state index in [-0.39, 0.29) is 46.7 Å². The molecule has 8 nitrogen and oxygen atoms in total. The molecule has 2 aromatic heterocycles. The number of halogens is 3. The topological polar surface area (TPSA) is 94.8 Å². The van der Waals surface area contributed by atoms with Crippen molar-refractivity contribution < 1.29 is 28.1 Å². The zero-order valence-electron chi connectivity index (χ0n) is 25.9. The number of pyridine rings is 1. The molecule has 0 bridgehead atoms. The average Bonchev–Trinajstić information content (AvgIpc) is 3.55. The number of hydrogen-bond donors (Lipinski definition) is 2. The van der Waals surface area contributed by atoms with E-state index >= 15 is 4.39 Å². The minimum absolute atomic E-state index is 0.0106. The monoisotopic (exact) mass is 633 g/mol. The summed E-state index contributed by atoms with van der Waals surface area (Å²) in [6.07, 6.45) is 6.19. The first-order valence-electron chi connectivity index (χ1n) is 16.4. The summed E-state index contributed by atoms with van der Waals surface area (Å²) in [6, 6.07) is 5.87. The van der Waals surface area contributed by atoms with Gasteiger partial charge in [-0.2, -0.15) is 9.97 Å². The molecule has 2 N–H and O–H groups in total. The molecule has 4 fully saturated rings. The van der Waals surface area contributed by atoms with Gasteiger partial charge in [-0.05, 0) is 91.4 Å². The number of phenolic OH excluding ortho intramolecular Hbond substituents is 1. The first-order valence-corrected chi connectivity index (χ1v) is 16.4. The van der Waals surface area contributed by atoms with Crippen LogP contribution in [0.1, 0.15) is 57.4 Å². The Morgan fingerprint density at radius 2 is 1.89 bits per heavy atom. The minimum atomic E-state index is -0.916. The molecule has 5 heterocycles. The summed E-state index contributed by atoms with van der Waals surface area (Å²) in [7, 11) is 0. The molecule has 0 amide bonds. The second-order valence-electron chi connectivity index (χ2n) is 13.9. The number of anilines is 1. The summed E-state index contributed by atoms with van der Waals surface area (Å²) in [5, 5.41) is 22.2. The fraction of sp³-hybridized carbons (Fsp3) is 0.514. The van der Waals surface area contributed by atoms with Crippen molar-refractivity contribution in [3.63, 3.8) is 0 Å². The number of aromatic nitrogens is 3. The van der Waals surface area contributed by atoms with Gasteiger partial charge in [-0.3, -0.25) is 9.88 Å². The molecule has 0 radical (unpaired) electrons. The lowest BCUT2D eigenvalue weighted by molar-refractivity contribution is -0.0396. The van der Waals surface area contributed by atoms with Crippen LogP contribution in [0.25, 0.3) is 32.9 Å². The normalized spacial score (nSPS) is 27.9. The number of nitrogens with zero attached hydrogens (tertiary/aromatic N) is 5. The first kappa shape index (κ1) is 29.7. The van der Waals surface area contributed by atoms with Gasteiger partial charge in [0.25, 0.3) is 0 Å². The number of fused-ring (bicyclic) bond motifs is 3. The summed E-state index contributed by atoms with van der Waals surface area (Å²) >= 11 is 0. The smallest absolute Gasteiger partial charge is 0.319 e. The lowest BCUT2D eigenvalue weighted by Gasteiger charge is -2.51. The van der Waals surface area contributed by atoms with Gasteiger partial charge in [0.05, 0.1) is 17.0 Å². The number of rotatable bonds is 6. The van der Waals surface area contributed by atoms with Crippen LogP contribution in [0.3, 0.4) is 0 Å². The van der Waals surface area contributed by atoms with E-state index in [1.165, 1.54) is 18.2 Å². The Balaban J connectivity index is 1.26. The molecule has 242 valence electrons. The zero-order valence-corrected chi connectivity index (χ0v) is 25.9. The molecule has 46 heavy (non-hydrogen) atoms. The molecular formula is C35H38F3N5O3. The summed E-state index contributed by atoms with van der Waals surface area (Å²) in [4.78, 5) is 18.2. The van der Waals surface area contributed by atoms with Gasteiger partial charge in [-0.1, -0.05) is 13.0 Å². The van der Waals surface area contributed by atoms with E-state index in [2.05, 4.69) is 19.8 Å². The largest absolute Gasteiger partial charge is 0.508 e. The molecular weight excluding hydrogens is 595 g/mol. The summed E-state index contributed by atoms with van der Waals surface area (Å²) in [5.74, 6) is -0.712. The molecule has 0 unspecified atom stereocenters. The number of phenols is 1. The molecule has 8 rings (SSSR count). The molecule has 4 aromatic rings. The predicted octanol–water partition coefficient (Wildman–Crippen LogP) is 6.09. The quantitative estimate of drug-likeness (QED) is 0.264. The molecule has 11 heteroatoms. The van der Waals surface area contributed by atoms with E-state index in [0.29, 0.717) is 60.0 Å². The third kappa shape index (κ3) is 4.76. The van der Waals surface area contributed by atoms with Crippen LogP contribution >= 0.6 is 0 Å². The Bertz CT molecular complexity index is 1840. The number of aliphatic hydroxyl groups excluding tert-OH is 1. The second-order valence-corrected chi connectivity index (χ2v) is 13.9. The van der Waals surface area contributed by atoms with Crippen molar-refractivity contribution in [1.82, 2.24) is 19.9 Å². The number of hydrogen-bond acceptors (Lipinski definition) is 8. The second kappa shape index (κ2) is 10.9. The number of ether oxygens (including phenoxy) is 1. The van der Waals surface area contributed by atoms with E-state index in [4.69, 9.17) is 9.72 Å². The van der Waals surface area contributed by atoms with Gasteiger partial charge in [0, 0.05) is 37.8 Å². The summed E-state index contributed by atoms with van der Waals surface area (Å²) < 4.78 is 52.6. The molecule has 3 aliphatic heterocycles. The predicted molar refractivity (Wildman–Crippen MR) is 169 cm³/mol. The molecule has 2 aromatic carbocycles. The number of aryl methyl sites for hydroxylation is 1. The lowest BCUT2D eigenvalue weighted by atomic mass is 9.62. The standard InChI is InChI=1S/C35H38F3N5O3/c1-2-24-27(37)6-5-20-11-22(44)12-25(28(20)24)30-29(38)31-26(16-39-30)32(42-9-3-7-34(18-42)14-23(45)15-34)41-33(40-31)46-19-35-8-4-10-43(35)17-21(36)13-35/h5-6,11-12,16,21,23,44-45H,2-4,7-10,13-15,17-19H2,1H3/t21-,23-,34+,35+/m1/s1. The van der Waals surface area contributed by atoms with Crippen molar-refractivity contribution in [3.8, 4) is 23.0 Å². The molecule has 1 aliphatic carbocycles. The Hall–Kier alpha value is -3.70. The van der Waals surface area contributed by atoms with Crippen molar-refractivity contribution in [3.05, 3.63) is 47.7 Å². The highest BCUT2D eigenvalue weighted by molar-refractivity contribution is 6.01. The SMILES string of the molecule is CCc1c(F)ccc2cc(O)cc(-c3ncc4c(N5CCC[C@]6(C5)C[C@@H](O)C6)nc(OC[C@@]56CCCN5C[C@H](F)C6)nc4c3F)c12. The van der Waals surface area contributed by atoms with Gasteiger partial charge in [0.1, 0.15) is 41.4 Å². The van der Waals surface area contributed by atoms with Gasteiger partial charge in [-0.15, -0.1) is 0 Å². The third-order valence-electron chi connectivity index (χ3n) is 10.9. The van der Waals surface area contributed by atoms with Crippen molar-refractivity contribution >= 4 is 27.5 Å². The van der Waals surface area contributed by atoms with E-state index in [9.17, 15) is 19.0 Å². The van der Waals surface area contributed by atoms with E-state index in [1.807, 2.05) is 6.92 Å². The molecule has 2 atom stereocenters. The Kier molecular flexibility index (Phi) is 7.06. The fourth-order valence-electron chi connectivity index (χ4n) is 8.86. The van der Waals surface area contributed by atoms with E-state index < -0.39 is 23.3 Å². The summed E-state index contributed by atoms with van der Waals surface area (Å²) in [6.45, 7) is 4.59. The van der Waals surface area contributed by atoms with Crippen molar-refractivity contribution in [2.45, 2.75) is 76.1 Å². The highest BCUT2D eigenvalue weighted by atomic mass is 19.1. The maximum atomic E-state index is 16.9.